The van der Waals surface area contributed by atoms with Crippen molar-refractivity contribution in [1.29, 1.82) is 0 Å². The number of rotatable bonds is 4. The number of nitrogens with one attached hydrogen (secondary N) is 2. The van der Waals surface area contributed by atoms with E-state index in [9.17, 15) is 14.8 Å². The number of carbonyl (C=O) groups is 2. The maximum Gasteiger partial charge on any atom is 0.252 e. The summed E-state index contributed by atoms with van der Waals surface area (Å²) < 4.78 is 3.60. The van der Waals surface area contributed by atoms with Crippen LogP contribution in [0.5, 0.6) is 0 Å². The average Bonchev–Trinajstić information content (AvgIpc) is 2.87. The minimum Gasteiger partial charge on any atom is -0.595 e. The Morgan fingerprint density at radius 1 is 1.40 bits per heavy atom. The SMILES string of the molecule is NC(=O)C1N=NSC1NC(=O)c1ccc([NH+]([O-])O)cc1. The first-order chi connectivity index (χ1) is 9.49. The zero-order chi connectivity index (χ0) is 14.7. The van der Waals surface area contributed by atoms with Gasteiger partial charge in [0.05, 0.1) is 0 Å². The number of nitrogens with two attached hydrogens (primary N) is 1. The molecule has 5 N–H and O–H groups in total. The van der Waals surface area contributed by atoms with Gasteiger partial charge in [0, 0.05) is 29.6 Å². The van der Waals surface area contributed by atoms with Gasteiger partial charge in [-0.15, -0.1) is 4.52 Å². The molecular formula is C10H11N5O4S. The minimum atomic E-state index is -1.07. The van der Waals surface area contributed by atoms with E-state index in [2.05, 4.69) is 15.0 Å². The molecule has 10 heteroatoms. The molecule has 1 aliphatic heterocycles. The van der Waals surface area contributed by atoms with Gasteiger partial charge in [-0.05, 0) is 12.1 Å². The molecule has 0 saturated carbocycles. The fourth-order valence-corrected chi connectivity index (χ4v) is 2.26. The molecule has 1 aromatic rings. The van der Waals surface area contributed by atoms with Crippen molar-refractivity contribution >= 4 is 29.4 Å². The van der Waals surface area contributed by atoms with Crippen LogP contribution in [-0.2, 0) is 4.79 Å². The van der Waals surface area contributed by atoms with Gasteiger partial charge in [0.1, 0.15) is 5.37 Å². The third-order valence-electron chi connectivity index (χ3n) is 2.58. The maximum atomic E-state index is 11.9. The summed E-state index contributed by atoms with van der Waals surface area (Å²) in [6.07, 6.45) is 0. The molecule has 2 amide bonds. The highest BCUT2D eigenvalue weighted by atomic mass is 32.2. The highest BCUT2D eigenvalue weighted by Crippen LogP contribution is 2.24. The lowest BCUT2D eigenvalue weighted by molar-refractivity contribution is -0.991. The van der Waals surface area contributed by atoms with Crippen molar-refractivity contribution in [3.8, 4) is 0 Å². The Bertz CT molecular complexity index is 547. The summed E-state index contributed by atoms with van der Waals surface area (Å²) in [5, 5.41) is 23.9. The van der Waals surface area contributed by atoms with E-state index < -0.39 is 28.5 Å². The van der Waals surface area contributed by atoms with Crippen LogP contribution in [-0.4, -0.2) is 28.4 Å². The second-order valence-electron chi connectivity index (χ2n) is 3.93. The number of hydrogen-bond donors (Lipinski definition) is 4. The van der Waals surface area contributed by atoms with Crippen molar-refractivity contribution in [2.75, 3.05) is 0 Å². The van der Waals surface area contributed by atoms with Crippen LogP contribution in [0.15, 0.2) is 33.9 Å². The predicted octanol–water partition coefficient (Wildman–Crippen LogP) is -0.886. The van der Waals surface area contributed by atoms with Gasteiger partial charge in [-0.25, -0.2) is 5.21 Å². The van der Waals surface area contributed by atoms with Gasteiger partial charge < -0.3 is 16.3 Å². The molecule has 1 heterocycles. The summed E-state index contributed by atoms with van der Waals surface area (Å²) >= 11 is 0.941. The molecule has 0 aliphatic carbocycles. The smallest absolute Gasteiger partial charge is 0.252 e. The van der Waals surface area contributed by atoms with Crippen molar-refractivity contribution in [3.05, 3.63) is 35.0 Å². The zero-order valence-corrected chi connectivity index (χ0v) is 10.8. The second-order valence-corrected chi connectivity index (χ2v) is 4.81. The number of carbonyl (C=O) groups excluding carboxylic acids is 2. The summed E-state index contributed by atoms with van der Waals surface area (Å²) in [4.78, 5) is 23.0. The van der Waals surface area contributed by atoms with E-state index in [1.165, 1.54) is 24.3 Å². The predicted molar refractivity (Wildman–Crippen MR) is 68.9 cm³/mol. The molecular weight excluding hydrogens is 286 g/mol. The fraction of sp³-hybridized carbons (Fsp3) is 0.200. The fourth-order valence-electron chi connectivity index (χ4n) is 1.54. The van der Waals surface area contributed by atoms with Crippen molar-refractivity contribution < 1.29 is 20.0 Å². The molecule has 0 fully saturated rings. The average molecular weight is 297 g/mol. The van der Waals surface area contributed by atoms with E-state index in [0.29, 0.717) is 0 Å². The molecule has 106 valence electrons. The topological polar surface area (TPSA) is 145 Å². The third kappa shape index (κ3) is 3.11. The molecule has 0 bridgehead atoms. The second kappa shape index (κ2) is 5.96. The Balaban J connectivity index is 2.03. The molecule has 9 nitrogen and oxygen atoms in total. The number of hydrogen-bond acceptors (Lipinski definition) is 7. The molecule has 0 radical (unpaired) electrons. The van der Waals surface area contributed by atoms with Crippen LogP contribution in [0.4, 0.5) is 5.69 Å². The van der Waals surface area contributed by atoms with Crippen LogP contribution < -0.4 is 16.3 Å². The summed E-state index contributed by atoms with van der Waals surface area (Å²) in [6.45, 7) is 0. The summed E-state index contributed by atoms with van der Waals surface area (Å²) in [5.41, 5.74) is 5.48. The Morgan fingerprint density at radius 2 is 2.05 bits per heavy atom. The highest BCUT2D eigenvalue weighted by Gasteiger charge is 2.33. The first-order valence-corrected chi connectivity index (χ1v) is 6.32. The van der Waals surface area contributed by atoms with Crippen molar-refractivity contribution in [2.24, 2.45) is 15.4 Å². The largest absolute Gasteiger partial charge is 0.595 e. The molecule has 0 aromatic heterocycles. The van der Waals surface area contributed by atoms with Crippen LogP contribution >= 0.6 is 11.9 Å². The molecule has 0 saturated heterocycles. The van der Waals surface area contributed by atoms with Gasteiger partial charge in [0.25, 0.3) is 5.91 Å². The highest BCUT2D eigenvalue weighted by molar-refractivity contribution is 7.98. The van der Waals surface area contributed by atoms with E-state index in [-0.39, 0.29) is 11.3 Å². The quantitative estimate of drug-likeness (QED) is 0.421. The Morgan fingerprint density at radius 3 is 2.60 bits per heavy atom. The number of benzene rings is 1. The molecule has 1 aromatic carbocycles. The molecule has 3 unspecified atom stereocenters. The Hall–Kier alpha value is -2.01. The molecule has 1 aliphatic rings. The van der Waals surface area contributed by atoms with Crippen LogP contribution in [0.3, 0.4) is 0 Å². The maximum absolute atomic E-state index is 11.9. The lowest BCUT2D eigenvalue weighted by atomic mass is 10.2. The number of quaternary nitrogens is 1. The lowest BCUT2D eigenvalue weighted by Gasteiger charge is -2.15. The zero-order valence-electron chi connectivity index (χ0n) is 10.0. The van der Waals surface area contributed by atoms with Crippen LogP contribution in [0.2, 0.25) is 0 Å². The van der Waals surface area contributed by atoms with Crippen molar-refractivity contribution in [1.82, 2.24) is 5.32 Å². The van der Waals surface area contributed by atoms with Gasteiger partial charge in [0.2, 0.25) is 5.91 Å². The van der Waals surface area contributed by atoms with Gasteiger partial charge in [-0.2, -0.15) is 10.3 Å². The van der Waals surface area contributed by atoms with Crippen molar-refractivity contribution in [2.45, 2.75) is 11.4 Å². The standard InChI is InChI=1S/C10H11N5O4S/c11-8(16)7-10(20-14-13-7)12-9(17)5-1-3-6(4-2-5)15(18)19/h1-4,7,10,15,18H,(H2,11,16)(H,12,17). The van der Waals surface area contributed by atoms with Crippen molar-refractivity contribution in [3.63, 3.8) is 0 Å². The first-order valence-electron chi connectivity index (χ1n) is 5.48. The Labute approximate surface area is 117 Å². The summed E-state index contributed by atoms with van der Waals surface area (Å²) in [5.74, 6) is -1.14. The molecule has 0 spiro atoms. The summed E-state index contributed by atoms with van der Waals surface area (Å²) in [7, 11) is 0. The number of amides is 2. The Kier molecular flexibility index (Phi) is 4.29. The van der Waals surface area contributed by atoms with E-state index in [0.717, 1.165) is 11.9 Å². The molecule has 20 heavy (non-hydrogen) atoms. The van der Waals surface area contributed by atoms with Crippen LogP contribution in [0.25, 0.3) is 0 Å². The van der Waals surface area contributed by atoms with E-state index in [1.54, 1.807) is 0 Å². The van der Waals surface area contributed by atoms with Crippen LogP contribution in [0.1, 0.15) is 10.4 Å². The van der Waals surface area contributed by atoms with Gasteiger partial charge in [-0.1, -0.05) is 0 Å². The molecule has 2 rings (SSSR count). The third-order valence-corrected chi connectivity index (χ3v) is 3.37. The number of nitrogens with zero attached hydrogens (tertiary/aromatic N) is 2. The van der Waals surface area contributed by atoms with E-state index in [4.69, 9.17) is 10.9 Å². The van der Waals surface area contributed by atoms with E-state index >= 15 is 0 Å². The minimum absolute atomic E-state index is 0.0804. The lowest BCUT2D eigenvalue weighted by Crippen LogP contribution is -2.99. The first kappa shape index (κ1) is 14.4. The molecule has 3 atom stereocenters. The van der Waals surface area contributed by atoms with E-state index in [1.807, 2.05) is 0 Å². The van der Waals surface area contributed by atoms with Gasteiger partial charge in [-0.3, -0.25) is 9.59 Å². The number of primary amides is 1. The van der Waals surface area contributed by atoms with Gasteiger partial charge >= 0.3 is 0 Å². The normalized spacial score (nSPS) is 22.5. The van der Waals surface area contributed by atoms with Gasteiger partial charge in [0.15, 0.2) is 11.7 Å². The van der Waals surface area contributed by atoms with Crippen LogP contribution in [0, 0.1) is 5.21 Å². The summed E-state index contributed by atoms with van der Waals surface area (Å²) in [6, 6.07) is 4.50. The monoisotopic (exact) mass is 297 g/mol.